The summed E-state index contributed by atoms with van der Waals surface area (Å²) in [6.45, 7) is 6.82. The number of nitro groups is 1. The second-order valence-electron chi connectivity index (χ2n) is 6.53. The largest absolute Gasteiger partial charge is 0.459 e. The Labute approximate surface area is 160 Å². The number of para-hydroxylation sites is 1. The van der Waals surface area contributed by atoms with Gasteiger partial charge in [-0.3, -0.25) is 19.8 Å². The zero-order valence-corrected chi connectivity index (χ0v) is 16.1. The van der Waals surface area contributed by atoms with Crippen LogP contribution in [0.1, 0.15) is 39.3 Å². The fourth-order valence-electron chi connectivity index (χ4n) is 3.12. The minimum Gasteiger partial charge on any atom is -0.459 e. The van der Waals surface area contributed by atoms with E-state index in [0.29, 0.717) is 10.9 Å². The van der Waals surface area contributed by atoms with Crippen LogP contribution < -0.4 is 0 Å². The first-order valence-electron chi connectivity index (χ1n) is 8.45. The molecule has 1 fully saturated rings. The van der Waals surface area contributed by atoms with Crippen LogP contribution in [0.2, 0.25) is 0 Å². The van der Waals surface area contributed by atoms with Gasteiger partial charge in [0.05, 0.1) is 33.1 Å². The second-order valence-corrected chi connectivity index (χ2v) is 7.84. The summed E-state index contributed by atoms with van der Waals surface area (Å²) < 4.78 is 5.34. The summed E-state index contributed by atoms with van der Waals surface area (Å²) in [4.78, 5) is 42.4. The van der Waals surface area contributed by atoms with Crippen LogP contribution in [0.3, 0.4) is 0 Å². The summed E-state index contributed by atoms with van der Waals surface area (Å²) in [6, 6.07) is 5.16. The molecule has 3 rings (SSSR count). The van der Waals surface area contributed by atoms with Crippen LogP contribution in [0, 0.1) is 10.1 Å². The third kappa shape index (κ3) is 3.34. The van der Waals surface area contributed by atoms with E-state index < -0.39 is 16.9 Å². The van der Waals surface area contributed by atoms with Gasteiger partial charge in [-0.15, -0.1) is 0 Å². The van der Waals surface area contributed by atoms with Crippen molar-refractivity contribution in [3.8, 4) is 0 Å². The molecular weight excluding hydrogens is 370 g/mol. The van der Waals surface area contributed by atoms with E-state index in [0.717, 1.165) is 0 Å². The minimum absolute atomic E-state index is 0.143. The lowest BCUT2D eigenvalue weighted by molar-refractivity contribution is -0.385. The van der Waals surface area contributed by atoms with Gasteiger partial charge in [-0.1, -0.05) is 23.9 Å². The van der Waals surface area contributed by atoms with Crippen LogP contribution in [0.4, 0.5) is 5.69 Å². The van der Waals surface area contributed by atoms with E-state index in [-0.39, 0.29) is 34.1 Å². The maximum absolute atomic E-state index is 12.8. The molecule has 2 unspecified atom stereocenters. The Morgan fingerprint density at radius 3 is 2.67 bits per heavy atom. The smallest absolute Gasteiger partial charge is 0.338 e. The Kier molecular flexibility index (Phi) is 5.05. The van der Waals surface area contributed by atoms with E-state index in [1.807, 2.05) is 0 Å². The lowest BCUT2D eigenvalue weighted by atomic mass is 9.93. The Bertz CT molecular complexity index is 893. The number of nitro benzene ring substituents is 1. The number of fused-ring (bicyclic) bond motifs is 1. The number of aliphatic imine (C=N–C) groups is 1. The number of hydrogen-bond donors (Lipinski definition) is 0. The molecule has 0 bridgehead atoms. The molecule has 1 aromatic carbocycles. The predicted molar refractivity (Wildman–Crippen MR) is 101 cm³/mol. The van der Waals surface area contributed by atoms with Crippen LogP contribution >= 0.6 is 11.8 Å². The van der Waals surface area contributed by atoms with Crippen molar-refractivity contribution < 1.29 is 19.2 Å². The third-order valence-electron chi connectivity index (χ3n) is 4.25. The molecule has 142 valence electrons. The van der Waals surface area contributed by atoms with Gasteiger partial charge in [-0.25, -0.2) is 9.79 Å². The van der Waals surface area contributed by atoms with Crippen molar-refractivity contribution in [3.63, 3.8) is 0 Å². The van der Waals surface area contributed by atoms with E-state index in [2.05, 4.69) is 4.99 Å². The van der Waals surface area contributed by atoms with Gasteiger partial charge in [0.25, 0.3) is 5.69 Å². The zero-order chi connectivity index (χ0) is 19.9. The summed E-state index contributed by atoms with van der Waals surface area (Å²) >= 11 is 1.27. The summed E-state index contributed by atoms with van der Waals surface area (Å²) in [5, 5.41) is 11.6. The number of allylic oxidation sites excluding steroid dienone is 1. The summed E-state index contributed by atoms with van der Waals surface area (Å²) in [5.74, 6) is -0.880. The number of esters is 1. The predicted octanol–water partition coefficient (Wildman–Crippen LogP) is 3.20. The summed E-state index contributed by atoms with van der Waals surface area (Å²) in [5.41, 5.74) is 0.631. The van der Waals surface area contributed by atoms with Crippen LogP contribution in [-0.4, -0.2) is 38.2 Å². The molecule has 1 saturated heterocycles. The van der Waals surface area contributed by atoms with Crippen LogP contribution in [-0.2, 0) is 14.3 Å². The van der Waals surface area contributed by atoms with Gasteiger partial charge in [0, 0.05) is 6.07 Å². The number of carbonyl (C=O) groups is 2. The average Bonchev–Trinajstić information content (AvgIpc) is 2.86. The molecule has 0 radical (unpaired) electrons. The van der Waals surface area contributed by atoms with Crippen molar-refractivity contribution in [2.45, 2.75) is 45.1 Å². The van der Waals surface area contributed by atoms with Gasteiger partial charge in [-0.2, -0.15) is 0 Å². The summed E-state index contributed by atoms with van der Waals surface area (Å²) in [6.07, 6.45) is -0.378. The maximum atomic E-state index is 12.8. The fourth-order valence-corrected chi connectivity index (χ4v) is 4.15. The molecule has 0 spiro atoms. The Morgan fingerprint density at radius 2 is 2.04 bits per heavy atom. The fraction of sp³-hybridized carbons (Fsp3) is 0.389. The van der Waals surface area contributed by atoms with E-state index in [1.54, 1.807) is 45.9 Å². The van der Waals surface area contributed by atoms with Crippen LogP contribution in [0.25, 0.3) is 0 Å². The number of benzene rings is 1. The quantitative estimate of drug-likeness (QED) is 0.445. The highest BCUT2D eigenvalue weighted by molar-refractivity contribution is 8.15. The molecule has 2 heterocycles. The lowest BCUT2D eigenvalue weighted by Gasteiger charge is -2.32. The monoisotopic (exact) mass is 389 g/mol. The number of amidine groups is 1. The van der Waals surface area contributed by atoms with Gasteiger partial charge in [0.1, 0.15) is 6.04 Å². The Morgan fingerprint density at radius 1 is 1.37 bits per heavy atom. The van der Waals surface area contributed by atoms with Crippen molar-refractivity contribution in [2.24, 2.45) is 4.99 Å². The topological polar surface area (TPSA) is 102 Å². The first-order chi connectivity index (χ1) is 12.7. The Balaban J connectivity index is 2.22. The maximum Gasteiger partial charge on any atom is 0.338 e. The Hall–Kier alpha value is -2.68. The number of hydrogen-bond acceptors (Lipinski definition) is 7. The normalized spacial score (nSPS) is 22.0. The van der Waals surface area contributed by atoms with E-state index in [4.69, 9.17) is 4.74 Å². The molecule has 0 N–H and O–H groups in total. The molecule has 8 nitrogen and oxygen atoms in total. The van der Waals surface area contributed by atoms with E-state index in [1.165, 1.54) is 22.7 Å². The molecule has 2 atom stereocenters. The standard InChI is InChI=1S/C18H19N3O5S/c1-9(2)26-17(23)14-10(3)19-18-20(16(22)11(4)27-18)15(14)12-7-5-6-8-13(12)21(24)25/h5-9,11,15H,1-4H3. The van der Waals surface area contributed by atoms with Gasteiger partial charge in [0.15, 0.2) is 5.17 Å². The average molecular weight is 389 g/mol. The molecule has 2 aliphatic rings. The zero-order valence-electron chi connectivity index (χ0n) is 15.3. The number of nitrogens with zero attached hydrogens (tertiary/aromatic N) is 3. The number of amides is 1. The number of rotatable bonds is 4. The molecule has 9 heteroatoms. The molecule has 0 saturated carbocycles. The number of carbonyl (C=O) groups excluding carboxylic acids is 2. The van der Waals surface area contributed by atoms with Crippen molar-refractivity contribution in [1.29, 1.82) is 0 Å². The minimum atomic E-state index is -0.949. The molecule has 27 heavy (non-hydrogen) atoms. The lowest BCUT2D eigenvalue weighted by Crippen LogP contribution is -2.41. The molecule has 0 aliphatic carbocycles. The molecule has 1 amide bonds. The summed E-state index contributed by atoms with van der Waals surface area (Å²) in [7, 11) is 0. The van der Waals surface area contributed by atoms with Gasteiger partial charge >= 0.3 is 5.97 Å². The molecule has 2 aliphatic heterocycles. The van der Waals surface area contributed by atoms with Crippen molar-refractivity contribution >= 4 is 34.5 Å². The van der Waals surface area contributed by atoms with Gasteiger partial charge in [-0.05, 0) is 33.8 Å². The first-order valence-corrected chi connectivity index (χ1v) is 9.33. The molecular formula is C18H19N3O5S. The third-order valence-corrected chi connectivity index (χ3v) is 5.30. The molecule has 1 aromatic rings. The number of ether oxygens (including phenoxy) is 1. The van der Waals surface area contributed by atoms with Crippen molar-refractivity contribution in [2.75, 3.05) is 0 Å². The van der Waals surface area contributed by atoms with Crippen molar-refractivity contribution in [1.82, 2.24) is 4.90 Å². The second kappa shape index (κ2) is 7.15. The van der Waals surface area contributed by atoms with Crippen LogP contribution in [0.15, 0.2) is 40.5 Å². The first kappa shape index (κ1) is 19.1. The van der Waals surface area contributed by atoms with E-state index >= 15 is 0 Å². The van der Waals surface area contributed by atoms with Gasteiger partial charge in [0.2, 0.25) is 5.91 Å². The SMILES string of the molecule is CC1=C(C(=O)OC(C)C)C(c2ccccc2[N+](=O)[O-])N2C(=O)C(C)SC2=N1. The highest BCUT2D eigenvalue weighted by Crippen LogP contribution is 2.45. The van der Waals surface area contributed by atoms with Crippen molar-refractivity contribution in [3.05, 3.63) is 51.2 Å². The van der Waals surface area contributed by atoms with E-state index in [9.17, 15) is 19.7 Å². The molecule has 0 aromatic heterocycles. The highest BCUT2D eigenvalue weighted by Gasteiger charge is 2.48. The number of thioether (sulfide) groups is 1. The highest BCUT2D eigenvalue weighted by atomic mass is 32.2. The van der Waals surface area contributed by atoms with Gasteiger partial charge < -0.3 is 4.74 Å². The van der Waals surface area contributed by atoms with Crippen LogP contribution in [0.5, 0.6) is 0 Å².